The average Bonchev–Trinajstić information content (AvgIpc) is 2.70. The zero-order valence-electron chi connectivity index (χ0n) is 9.82. The van der Waals surface area contributed by atoms with Crippen molar-refractivity contribution in [3.63, 3.8) is 0 Å². The first kappa shape index (κ1) is 13.3. The predicted octanol–water partition coefficient (Wildman–Crippen LogP) is 2.79. The largest absolute Gasteiger partial charge is 0.278 e. The predicted molar refractivity (Wildman–Crippen MR) is 68.7 cm³/mol. The van der Waals surface area contributed by atoms with Gasteiger partial charge in [0.25, 0.3) is 5.91 Å². The third-order valence-corrected chi connectivity index (χ3v) is 3.57. The Kier molecular flexibility index (Phi) is 3.88. The smallest absolute Gasteiger partial charge is 0.263 e. The van der Waals surface area contributed by atoms with E-state index >= 15 is 0 Å². The Balaban J connectivity index is 2.24. The fraction of sp³-hybridized carbons (Fsp3) is 0.417. The molecule has 0 bridgehead atoms. The number of hydrogen-bond donors (Lipinski definition) is 0. The van der Waals surface area contributed by atoms with E-state index in [4.69, 9.17) is 23.2 Å². The van der Waals surface area contributed by atoms with Crippen molar-refractivity contribution in [2.24, 2.45) is 5.92 Å². The Morgan fingerprint density at radius 1 is 1.50 bits per heavy atom. The number of hydrogen-bond acceptors (Lipinski definition) is 3. The summed E-state index contributed by atoms with van der Waals surface area (Å²) < 4.78 is 0. The average molecular weight is 287 g/mol. The number of carbonyl (C=O) groups is 2. The number of halogens is 2. The van der Waals surface area contributed by atoms with Crippen molar-refractivity contribution in [3.8, 4) is 0 Å². The van der Waals surface area contributed by atoms with Crippen molar-refractivity contribution in [3.05, 3.63) is 28.0 Å². The van der Waals surface area contributed by atoms with Crippen molar-refractivity contribution in [1.29, 1.82) is 0 Å². The van der Waals surface area contributed by atoms with Gasteiger partial charge in [-0.1, -0.05) is 36.5 Å². The maximum Gasteiger partial charge on any atom is 0.263 e. The molecule has 1 atom stereocenters. The van der Waals surface area contributed by atoms with Crippen LogP contribution in [0.2, 0.25) is 10.3 Å². The summed E-state index contributed by atoms with van der Waals surface area (Å²) in [4.78, 5) is 29.0. The van der Waals surface area contributed by atoms with Gasteiger partial charge in [-0.3, -0.25) is 14.5 Å². The summed E-state index contributed by atoms with van der Waals surface area (Å²) in [6.45, 7) is 2.45. The van der Waals surface area contributed by atoms with Gasteiger partial charge in [0.05, 0.1) is 5.56 Å². The first-order valence-electron chi connectivity index (χ1n) is 5.69. The van der Waals surface area contributed by atoms with Gasteiger partial charge in [-0.05, 0) is 18.1 Å². The lowest BCUT2D eigenvalue weighted by Crippen LogP contribution is -2.32. The van der Waals surface area contributed by atoms with Gasteiger partial charge in [-0.15, -0.1) is 0 Å². The van der Waals surface area contributed by atoms with Crippen molar-refractivity contribution >= 4 is 35.0 Å². The molecule has 4 nitrogen and oxygen atoms in total. The zero-order chi connectivity index (χ0) is 13.3. The second-order valence-electron chi connectivity index (χ2n) is 4.26. The molecule has 0 saturated carbocycles. The SMILES string of the molecule is CCC1CC(=O)N(C(=O)c2ccc(Cl)nc2Cl)C1. The number of imide groups is 1. The van der Waals surface area contributed by atoms with Gasteiger partial charge in [0.2, 0.25) is 5.91 Å². The molecule has 0 spiro atoms. The second-order valence-corrected chi connectivity index (χ2v) is 5.01. The minimum absolute atomic E-state index is 0.0280. The Hall–Kier alpha value is -1.13. The van der Waals surface area contributed by atoms with E-state index < -0.39 is 5.91 Å². The molecular weight excluding hydrogens is 275 g/mol. The van der Waals surface area contributed by atoms with E-state index in [0.29, 0.717) is 13.0 Å². The lowest BCUT2D eigenvalue weighted by atomic mass is 10.1. The van der Waals surface area contributed by atoms with Gasteiger partial charge in [-0.25, -0.2) is 4.98 Å². The third-order valence-electron chi connectivity index (χ3n) is 3.07. The molecule has 2 rings (SSSR count). The molecule has 1 unspecified atom stereocenters. The van der Waals surface area contributed by atoms with Gasteiger partial charge >= 0.3 is 0 Å². The Morgan fingerprint density at radius 3 is 2.78 bits per heavy atom. The van der Waals surface area contributed by atoms with E-state index in [1.807, 2.05) is 6.92 Å². The fourth-order valence-corrected chi connectivity index (χ4v) is 2.39. The van der Waals surface area contributed by atoms with E-state index in [-0.39, 0.29) is 27.7 Å². The molecule has 1 aromatic heterocycles. The number of likely N-dealkylation sites (tertiary alicyclic amines) is 1. The van der Waals surface area contributed by atoms with Crippen LogP contribution in [0.4, 0.5) is 0 Å². The molecule has 1 aromatic rings. The maximum atomic E-state index is 12.2. The highest BCUT2D eigenvalue weighted by Crippen LogP contribution is 2.25. The molecule has 1 saturated heterocycles. The van der Waals surface area contributed by atoms with Crippen molar-refractivity contribution in [2.45, 2.75) is 19.8 Å². The van der Waals surface area contributed by atoms with Gasteiger partial charge in [0.1, 0.15) is 10.3 Å². The number of aromatic nitrogens is 1. The van der Waals surface area contributed by atoms with E-state index in [1.54, 1.807) is 0 Å². The second kappa shape index (κ2) is 5.24. The number of rotatable bonds is 2. The van der Waals surface area contributed by atoms with Crippen LogP contribution in [0.15, 0.2) is 12.1 Å². The summed E-state index contributed by atoms with van der Waals surface area (Å²) in [5.74, 6) is -0.316. The van der Waals surface area contributed by atoms with Crippen molar-refractivity contribution in [2.75, 3.05) is 6.54 Å². The standard InChI is InChI=1S/C12H12Cl2N2O2/c1-2-7-5-10(17)16(6-7)12(18)8-3-4-9(13)15-11(8)14/h3-4,7H,2,5-6H2,1H3. The molecule has 1 aliphatic rings. The highest BCUT2D eigenvalue weighted by molar-refractivity contribution is 6.34. The molecule has 2 amide bonds. The van der Waals surface area contributed by atoms with E-state index in [1.165, 1.54) is 17.0 Å². The summed E-state index contributed by atoms with van der Waals surface area (Å²) in [5, 5.41) is 0.246. The van der Waals surface area contributed by atoms with Crippen LogP contribution in [0.3, 0.4) is 0 Å². The summed E-state index contributed by atoms with van der Waals surface area (Å²) in [6.07, 6.45) is 1.29. The monoisotopic (exact) mass is 286 g/mol. The first-order valence-corrected chi connectivity index (χ1v) is 6.45. The maximum absolute atomic E-state index is 12.2. The van der Waals surface area contributed by atoms with E-state index in [2.05, 4.69) is 4.98 Å². The number of pyridine rings is 1. The minimum Gasteiger partial charge on any atom is -0.278 e. The van der Waals surface area contributed by atoms with Gasteiger partial charge in [0, 0.05) is 13.0 Å². The van der Waals surface area contributed by atoms with E-state index in [9.17, 15) is 9.59 Å². The molecule has 1 fully saturated rings. The summed E-state index contributed by atoms with van der Waals surface area (Å²) in [6, 6.07) is 2.98. The number of amides is 2. The number of nitrogens with zero attached hydrogens (tertiary/aromatic N) is 2. The van der Waals surface area contributed by atoms with Gasteiger partial charge in [-0.2, -0.15) is 0 Å². The molecule has 96 valence electrons. The molecule has 0 N–H and O–H groups in total. The summed E-state index contributed by atoms with van der Waals surface area (Å²) in [7, 11) is 0. The molecule has 0 aromatic carbocycles. The number of carbonyl (C=O) groups excluding carboxylic acids is 2. The minimum atomic E-state index is -0.398. The van der Waals surface area contributed by atoms with Crippen LogP contribution in [0, 0.1) is 5.92 Å². The molecule has 0 aliphatic carbocycles. The normalized spacial score (nSPS) is 19.4. The lowest BCUT2D eigenvalue weighted by molar-refractivity contribution is -0.125. The Morgan fingerprint density at radius 2 is 2.22 bits per heavy atom. The van der Waals surface area contributed by atoms with Crippen LogP contribution in [0.5, 0.6) is 0 Å². The van der Waals surface area contributed by atoms with E-state index in [0.717, 1.165) is 6.42 Å². The highest BCUT2D eigenvalue weighted by atomic mass is 35.5. The van der Waals surface area contributed by atoms with Crippen LogP contribution in [-0.4, -0.2) is 28.2 Å². The van der Waals surface area contributed by atoms with Crippen LogP contribution in [0.1, 0.15) is 30.1 Å². The topological polar surface area (TPSA) is 50.3 Å². The summed E-state index contributed by atoms with van der Waals surface area (Å²) >= 11 is 11.5. The molecule has 0 radical (unpaired) electrons. The van der Waals surface area contributed by atoms with Crippen LogP contribution >= 0.6 is 23.2 Å². The third kappa shape index (κ3) is 2.49. The molecule has 2 heterocycles. The lowest BCUT2D eigenvalue weighted by Gasteiger charge is -2.15. The molecule has 1 aliphatic heterocycles. The molecular formula is C12H12Cl2N2O2. The highest BCUT2D eigenvalue weighted by Gasteiger charge is 2.34. The Bertz CT molecular complexity index is 505. The fourth-order valence-electron chi connectivity index (χ4n) is 1.97. The van der Waals surface area contributed by atoms with Crippen molar-refractivity contribution in [1.82, 2.24) is 9.88 Å². The van der Waals surface area contributed by atoms with Crippen LogP contribution < -0.4 is 0 Å². The first-order chi connectivity index (χ1) is 8.52. The molecule has 6 heteroatoms. The molecule has 18 heavy (non-hydrogen) atoms. The van der Waals surface area contributed by atoms with Crippen molar-refractivity contribution < 1.29 is 9.59 Å². The summed E-state index contributed by atoms with van der Waals surface area (Å²) in [5.41, 5.74) is 0.214. The quantitative estimate of drug-likeness (QED) is 0.620. The van der Waals surface area contributed by atoms with Crippen LogP contribution in [-0.2, 0) is 4.79 Å². The Labute approximate surface area is 115 Å². The van der Waals surface area contributed by atoms with Gasteiger partial charge in [0.15, 0.2) is 0 Å². The van der Waals surface area contributed by atoms with Crippen LogP contribution in [0.25, 0.3) is 0 Å². The van der Waals surface area contributed by atoms with Gasteiger partial charge < -0.3 is 0 Å². The zero-order valence-corrected chi connectivity index (χ0v) is 11.3.